The number of alkyl halides is 3. The summed E-state index contributed by atoms with van der Waals surface area (Å²) in [5, 5.41) is 20.4. The number of halogens is 3. The number of amides is 1. The van der Waals surface area contributed by atoms with Gasteiger partial charge in [-0.05, 0) is 18.6 Å². The van der Waals surface area contributed by atoms with Gasteiger partial charge < -0.3 is 15.2 Å². The molecule has 0 spiro atoms. The number of nitriles is 1. The predicted molar refractivity (Wildman–Crippen MR) is 66.6 cm³/mol. The van der Waals surface area contributed by atoms with Crippen molar-refractivity contribution in [1.29, 1.82) is 5.26 Å². The summed E-state index contributed by atoms with van der Waals surface area (Å²) < 4.78 is 40.6. The Morgan fingerprint density at radius 1 is 1.52 bits per heavy atom. The van der Waals surface area contributed by atoms with E-state index in [1.165, 1.54) is 6.07 Å². The van der Waals surface area contributed by atoms with Crippen LogP contribution >= 0.6 is 0 Å². The SMILES string of the molecule is CCC(CC#N)NC(=O)c1cccc(O)c1OC(F)(F)F. The fourth-order valence-electron chi connectivity index (χ4n) is 1.60. The molecule has 8 heteroatoms. The van der Waals surface area contributed by atoms with Gasteiger partial charge in [-0.25, -0.2) is 0 Å². The van der Waals surface area contributed by atoms with E-state index in [2.05, 4.69) is 10.1 Å². The third-order valence-corrected chi connectivity index (χ3v) is 2.62. The predicted octanol–water partition coefficient (Wildman–Crippen LogP) is 2.71. The van der Waals surface area contributed by atoms with Crippen LogP contribution in [0.5, 0.6) is 11.5 Å². The number of nitrogens with one attached hydrogen (secondary N) is 1. The summed E-state index contributed by atoms with van der Waals surface area (Å²) in [5.41, 5.74) is -0.455. The van der Waals surface area contributed by atoms with Crippen molar-refractivity contribution in [2.75, 3.05) is 0 Å². The first kappa shape index (κ1) is 16.6. The van der Waals surface area contributed by atoms with Crippen molar-refractivity contribution in [2.45, 2.75) is 32.2 Å². The molecule has 0 aliphatic heterocycles. The van der Waals surface area contributed by atoms with Crippen LogP contribution < -0.4 is 10.1 Å². The van der Waals surface area contributed by atoms with E-state index in [1.54, 1.807) is 6.92 Å². The minimum absolute atomic E-state index is 0.0243. The average Bonchev–Trinajstić information content (AvgIpc) is 2.39. The van der Waals surface area contributed by atoms with Crippen LogP contribution in [0.4, 0.5) is 13.2 Å². The van der Waals surface area contributed by atoms with Crippen molar-refractivity contribution in [3.05, 3.63) is 23.8 Å². The standard InChI is InChI=1S/C13H13F3N2O3/c1-2-8(6-7-17)18-12(20)9-4-3-5-10(19)11(9)21-13(14,15)16/h3-5,8,19H,2,6H2,1H3,(H,18,20). The van der Waals surface area contributed by atoms with Crippen LogP contribution in [0.15, 0.2) is 18.2 Å². The van der Waals surface area contributed by atoms with Gasteiger partial charge in [0.1, 0.15) is 0 Å². The van der Waals surface area contributed by atoms with E-state index in [0.717, 1.165) is 12.1 Å². The first-order valence-electron chi connectivity index (χ1n) is 6.04. The van der Waals surface area contributed by atoms with E-state index in [-0.39, 0.29) is 6.42 Å². The molecule has 1 unspecified atom stereocenters. The van der Waals surface area contributed by atoms with Gasteiger partial charge in [-0.3, -0.25) is 4.79 Å². The highest BCUT2D eigenvalue weighted by molar-refractivity contribution is 5.98. The Bertz CT molecular complexity index is 553. The van der Waals surface area contributed by atoms with Crippen molar-refractivity contribution in [2.24, 2.45) is 0 Å². The Balaban J connectivity index is 3.04. The number of aromatic hydroxyl groups is 1. The third-order valence-electron chi connectivity index (χ3n) is 2.62. The van der Waals surface area contributed by atoms with Crippen molar-refractivity contribution in [3.8, 4) is 17.6 Å². The summed E-state index contributed by atoms with van der Waals surface area (Å²) in [4.78, 5) is 12.0. The summed E-state index contributed by atoms with van der Waals surface area (Å²) >= 11 is 0. The van der Waals surface area contributed by atoms with E-state index in [4.69, 9.17) is 5.26 Å². The highest BCUT2D eigenvalue weighted by Gasteiger charge is 2.34. The van der Waals surface area contributed by atoms with Gasteiger partial charge in [-0.2, -0.15) is 5.26 Å². The van der Waals surface area contributed by atoms with Gasteiger partial charge in [-0.1, -0.05) is 13.0 Å². The molecular weight excluding hydrogens is 289 g/mol. The Hall–Kier alpha value is -2.43. The van der Waals surface area contributed by atoms with Crippen molar-refractivity contribution < 1.29 is 27.8 Å². The first-order chi connectivity index (χ1) is 9.78. The number of carbonyl (C=O) groups is 1. The monoisotopic (exact) mass is 302 g/mol. The maximum absolute atomic E-state index is 12.3. The van der Waals surface area contributed by atoms with Gasteiger partial charge in [0.25, 0.3) is 5.91 Å². The van der Waals surface area contributed by atoms with Gasteiger partial charge in [0, 0.05) is 6.04 Å². The third kappa shape index (κ3) is 4.87. The maximum Gasteiger partial charge on any atom is 0.573 e. The van der Waals surface area contributed by atoms with Crippen LogP contribution in [0.25, 0.3) is 0 Å². The number of carbonyl (C=O) groups excluding carboxylic acids is 1. The molecule has 1 rings (SSSR count). The lowest BCUT2D eigenvalue weighted by Gasteiger charge is -2.17. The van der Waals surface area contributed by atoms with Crippen molar-refractivity contribution in [1.82, 2.24) is 5.32 Å². The second kappa shape index (κ2) is 6.83. The lowest BCUT2D eigenvalue weighted by Crippen LogP contribution is -2.34. The van der Waals surface area contributed by atoms with Gasteiger partial charge in [-0.15, -0.1) is 13.2 Å². The molecule has 1 aromatic rings. The van der Waals surface area contributed by atoms with Crippen LogP contribution in [-0.2, 0) is 0 Å². The number of nitrogens with zero attached hydrogens (tertiary/aromatic N) is 1. The molecule has 21 heavy (non-hydrogen) atoms. The first-order valence-corrected chi connectivity index (χ1v) is 6.04. The summed E-state index contributed by atoms with van der Waals surface area (Å²) in [6.45, 7) is 1.72. The number of rotatable bonds is 5. The minimum atomic E-state index is -5.04. The second-order valence-electron chi connectivity index (χ2n) is 4.14. The summed E-state index contributed by atoms with van der Waals surface area (Å²) in [7, 11) is 0. The van der Waals surface area contributed by atoms with Gasteiger partial charge in [0.2, 0.25) is 0 Å². The molecule has 0 heterocycles. The second-order valence-corrected chi connectivity index (χ2v) is 4.14. The number of benzene rings is 1. The molecule has 0 radical (unpaired) electrons. The fourth-order valence-corrected chi connectivity index (χ4v) is 1.60. The van der Waals surface area contributed by atoms with Crippen molar-refractivity contribution in [3.63, 3.8) is 0 Å². The fraction of sp³-hybridized carbons (Fsp3) is 0.385. The van der Waals surface area contributed by atoms with Crippen LogP contribution in [0, 0.1) is 11.3 Å². The van der Waals surface area contributed by atoms with E-state index >= 15 is 0 Å². The molecule has 1 amide bonds. The average molecular weight is 302 g/mol. The van der Waals surface area contributed by atoms with E-state index in [0.29, 0.717) is 6.42 Å². The molecule has 0 fully saturated rings. The number of para-hydroxylation sites is 1. The molecule has 0 aromatic heterocycles. The van der Waals surface area contributed by atoms with Gasteiger partial charge in [0.15, 0.2) is 11.5 Å². The Morgan fingerprint density at radius 3 is 2.71 bits per heavy atom. The van der Waals surface area contributed by atoms with Crippen LogP contribution in [0.3, 0.4) is 0 Å². The van der Waals surface area contributed by atoms with E-state index < -0.39 is 35.4 Å². The molecule has 0 saturated carbocycles. The molecule has 0 saturated heterocycles. The summed E-state index contributed by atoms with van der Waals surface area (Å²) in [5.74, 6) is -2.62. The van der Waals surface area contributed by atoms with Crippen LogP contribution in [-0.4, -0.2) is 23.4 Å². The molecule has 5 nitrogen and oxygen atoms in total. The smallest absolute Gasteiger partial charge is 0.504 e. The molecule has 0 aliphatic carbocycles. The van der Waals surface area contributed by atoms with Crippen molar-refractivity contribution >= 4 is 5.91 Å². The highest BCUT2D eigenvalue weighted by atomic mass is 19.4. The summed E-state index contributed by atoms with van der Waals surface area (Å²) in [6.07, 6.45) is -4.57. The Kier molecular flexibility index (Phi) is 5.41. The zero-order valence-electron chi connectivity index (χ0n) is 11.1. The molecule has 1 atom stereocenters. The maximum atomic E-state index is 12.3. The number of phenolic OH excluding ortho intramolecular Hbond substituents is 1. The Labute approximate surface area is 118 Å². The normalized spacial score (nSPS) is 12.3. The quantitative estimate of drug-likeness (QED) is 0.876. The largest absolute Gasteiger partial charge is 0.573 e. The van der Waals surface area contributed by atoms with Crippen LogP contribution in [0.2, 0.25) is 0 Å². The van der Waals surface area contributed by atoms with Crippen LogP contribution in [0.1, 0.15) is 30.1 Å². The lowest BCUT2D eigenvalue weighted by molar-refractivity contribution is -0.275. The molecular formula is C13H13F3N2O3. The zero-order chi connectivity index (χ0) is 16.0. The zero-order valence-corrected chi connectivity index (χ0v) is 11.1. The minimum Gasteiger partial charge on any atom is -0.504 e. The lowest BCUT2D eigenvalue weighted by atomic mass is 10.1. The topological polar surface area (TPSA) is 82.4 Å². The Morgan fingerprint density at radius 2 is 2.19 bits per heavy atom. The summed E-state index contributed by atoms with van der Waals surface area (Å²) in [6, 6.07) is 4.66. The number of phenols is 1. The molecule has 1 aromatic carbocycles. The number of hydrogen-bond donors (Lipinski definition) is 2. The molecule has 0 aliphatic rings. The number of hydrogen-bond acceptors (Lipinski definition) is 4. The molecule has 2 N–H and O–H groups in total. The van der Waals surface area contributed by atoms with E-state index in [1.807, 2.05) is 6.07 Å². The molecule has 114 valence electrons. The highest BCUT2D eigenvalue weighted by Crippen LogP contribution is 2.34. The number of ether oxygens (including phenoxy) is 1. The van der Waals surface area contributed by atoms with Gasteiger partial charge >= 0.3 is 6.36 Å². The van der Waals surface area contributed by atoms with Gasteiger partial charge in [0.05, 0.1) is 18.1 Å². The van der Waals surface area contributed by atoms with E-state index in [9.17, 15) is 23.1 Å². The molecule has 0 bridgehead atoms.